The van der Waals surface area contributed by atoms with E-state index in [1.165, 1.54) is 0 Å². The number of urea groups is 1. The van der Waals surface area contributed by atoms with E-state index in [2.05, 4.69) is 26.0 Å². The number of nitrogens with zero attached hydrogens (tertiary/aromatic N) is 4. The van der Waals surface area contributed by atoms with Gasteiger partial charge in [-0.3, -0.25) is 10.1 Å². The number of fused-ring (bicyclic) bond motifs is 1. The highest BCUT2D eigenvalue weighted by Gasteiger charge is 2.16. The van der Waals surface area contributed by atoms with Crippen molar-refractivity contribution in [3.63, 3.8) is 0 Å². The van der Waals surface area contributed by atoms with Crippen molar-refractivity contribution in [2.75, 3.05) is 12.1 Å². The molecule has 2 N–H and O–H groups in total. The Morgan fingerprint density at radius 1 is 1.14 bits per heavy atom. The standard InChI is InChI=1S/C18H16N6O4/c1-11-4-2-3-5-13(11)17-21-23-24(22-17)9-16(25)20-18(26)19-12-6-7-14-15(8-12)28-10-27-14/h2-8H,9-10H2,1H3,(H2,19,20,25,26). The Morgan fingerprint density at radius 2 is 1.96 bits per heavy atom. The quantitative estimate of drug-likeness (QED) is 0.707. The molecular formula is C18H16N6O4. The molecule has 0 aliphatic carbocycles. The van der Waals surface area contributed by atoms with Crippen molar-refractivity contribution in [2.45, 2.75) is 13.5 Å². The summed E-state index contributed by atoms with van der Waals surface area (Å²) in [7, 11) is 0. The van der Waals surface area contributed by atoms with Crippen LogP contribution in [0.2, 0.25) is 0 Å². The predicted molar refractivity (Wildman–Crippen MR) is 97.7 cm³/mol. The van der Waals surface area contributed by atoms with E-state index in [4.69, 9.17) is 9.47 Å². The fourth-order valence-electron chi connectivity index (χ4n) is 2.67. The summed E-state index contributed by atoms with van der Waals surface area (Å²) in [5.74, 6) is 0.964. The van der Waals surface area contributed by atoms with Crippen LogP contribution in [-0.4, -0.2) is 38.9 Å². The lowest BCUT2D eigenvalue weighted by Crippen LogP contribution is -2.37. The summed E-state index contributed by atoms with van der Waals surface area (Å²) in [5.41, 5.74) is 2.29. The zero-order valence-electron chi connectivity index (χ0n) is 14.9. The number of hydrogen-bond acceptors (Lipinski definition) is 7. The topological polar surface area (TPSA) is 120 Å². The number of hydrogen-bond donors (Lipinski definition) is 2. The molecular weight excluding hydrogens is 364 g/mol. The molecule has 3 aromatic rings. The minimum atomic E-state index is -0.678. The molecule has 3 amide bonds. The molecule has 0 unspecified atom stereocenters. The third-order valence-corrected chi connectivity index (χ3v) is 4.01. The second-order valence-corrected chi connectivity index (χ2v) is 6.03. The van der Waals surface area contributed by atoms with Crippen LogP contribution in [0.3, 0.4) is 0 Å². The van der Waals surface area contributed by atoms with Crippen LogP contribution in [0.1, 0.15) is 5.56 Å². The number of imide groups is 1. The number of tetrazole rings is 1. The van der Waals surface area contributed by atoms with E-state index in [0.717, 1.165) is 15.9 Å². The predicted octanol–water partition coefficient (Wildman–Crippen LogP) is 1.73. The number of rotatable bonds is 4. The minimum absolute atomic E-state index is 0.138. The number of carbonyl (C=O) groups excluding carboxylic acids is 2. The van der Waals surface area contributed by atoms with E-state index in [1.807, 2.05) is 31.2 Å². The van der Waals surface area contributed by atoms with Crippen LogP contribution in [0.25, 0.3) is 11.4 Å². The van der Waals surface area contributed by atoms with E-state index < -0.39 is 11.9 Å². The van der Waals surface area contributed by atoms with Crippen molar-refractivity contribution >= 4 is 17.6 Å². The smallest absolute Gasteiger partial charge is 0.325 e. The monoisotopic (exact) mass is 380 g/mol. The highest BCUT2D eigenvalue weighted by molar-refractivity contribution is 6.01. The third-order valence-electron chi connectivity index (χ3n) is 4.01. The lowest BCUT2D eigenvalue weighted by atomic mass is 10.1. The number of aromatic nitrogens is 4. The molecule has 1 aliphatic rings. The summed E-state index contributed by atoms with van der Waals surface area (Å²) in [6.07, 6.45) is 0. The van der Waals surface area contributed by atoms with Gasteiger partial charge in [0, 0.05) is 17.3 Å². The molecule has 10 nitrogen and oxygen atoms in total. The third kappa shape index (κ3) is 3.75. The highest BCUT2D eigenvalue weighted by atomic mass is 16.7. The molecule has 2 aromatic carbocycles. The number of amides is 3. The number of ether oxygens (including phenoxy) is 2. The van der Waals surface area contributed by atoms with Gasteiger partial charge in [0.15, 0.2) is 11.5 Å². The summed E-state index contributed by atoms with van der Waals surface area (Å²) < 4.78 is 10.4. The van der Waals surface area contributed by atoms with Gasteiger partial charge in [-0.05, 0) is 29.8 Å². The molecule has 142 valence electrons. The molecule has 0 bridgehead atoms. The molecule has 2 heterocycles. The van der Waals surface area contributed by atoms with Crippen LogP contribution in [0.5, 0.6) is 11.5 Å². The van der Waals surface area contributed by atoms with Gasteiger partial charge in [-0.2, -0.15) is 4.80 Å². The van der Waals surface area contributed by atoms with Crippen molar-refractivity contribution in [3.8, 4) is 22.9 Å². The summed E-state index contributed by atoms with van der Waals surface area (Å²) >= 11 is 0. The number of aryl methyl sites for hydroxylation is 1. The fraction of sp³-hybridized carbons (Fsp3) is 0.167. The lowest BCUT2D eigenvalue weighted by Gasteiger charge is -2.07. The van der Waals surface area contributed by atoms with Gasteiger partial charge < -0.3 is 14.8 Å². The fourth-order valence-corrected chi connectivity index (χ4v) is 2.67. The molecule has 1 aromatic heterocycles. The molecule has 4 rings (SSSR count). The number of nitrogens with one attached hydrogen (secondary N) is 2. The Morgan fingerprint density at radius 3 is 2.82 bits per heavy atom. The van der Waals surface area contributed by atoms with E-state index in [0.29, 0.717) is 23.0 Å². The van der Waals surface area contributed by atoms with Crippen molar-refractivity contribution < 1.29 is 19.1 Å². The zero-order chi connectivity index (χ0) is 19.5. The normalized spacial score (nSPS) is 11.9. The van der Waals surface area contributed by atoms with Crippen LogP contribution < -0.4 is 20.1 Å². The van der Waals surface area contributed by atoms with Gasteiger partial charge in [-0.15, -0.1) is 10.2 Å². The Hall–Kier alpha value is -3.95. The summed E-state index contributed by atoms with van der Waals surface area (Å²) in [6.45, 7) is 1.83. The zero-order valence-corrected chi connectivity index (χ0v) is 14.9. The van der Waals surface area contributed by atoms with Gasteiger partial charge in [-0.1, -0.05) is 24.3 Å². The van der Waals surface area contributed by atoms with Crippen molar-refractivity contribution in [3.05, 3.63) is 48.0 Å². The maximum absolute atomic E-state index is 12.1. The molecule has 0 saturated heterocycles. The molecule has 0 radical (unpaired) electrons. The van der Waals surface area contributed by atoms with Gasteiger partial charge >= 0.3 is 6.03 Å². The van der Waals surface area contributed by atoms with Gasteiger partial charge in [0.05, 0.1) is 0 Å². The molecule has 0 spiro atoms. The Balaban J connectivity index is 1.34. The first kappa shape index (κ1) is 17.5. The second-order valence-electron chi connectivity index (χ2n) is 6.03. The number of carbonyl (C=O) groups is 2. The highest BCUT2D eigenvalue weighted by Crippen LogP contribution is 2.34. The Kier molecular flexibility index (Phi) is 4.58. The van der Waals surface area contributed by atoms with Crippen molar-refractivity contribution in [1.29, 1.82) is 0 Å². The maximum atomic E-state index is 12.1. The van der Waals surface area contributed by atoms with Crippen LogP contribution in [0.15, 0.2) is 42.5 Å². The van der Waals surface area contributed by atoms with Crippen LogP contribution >= 0.6 is 0 Å². The largest absolute Gasteiger partial charge is 0.454 e. The molecule has 0 atom stereocenters. The van der Waals surface area contributed by atoms with E-state index in [1.54, 1.807) is 18.2 Å². The Labute approximate surface area is 159 Å². The average molecular weight is 380 g/mol. The molecule has 28 heavy (non-hydrogen) atoms. The van der Waals surface area contributed by atoms with Crippen molar-refractivity contribution in [2.24, 2.45) is 0 Å². The van der Waals surface area contributed by atoms with E-state index in [-0.39, 0.29) is 13.3 Å². The van der Waals surface area contributed by atoms with Gasteiger partial charge in [0.25, 0.3) is 5.91 Å². The number of anilines is 1. The van der Waals surface area contributed by atoms with Crippen LogP contribution in [-0.2, 0) is 11.3 Å². The maximum Gasteiger partial charge on any atom is 0.325 e. The first-order valence-electron chi connectivity index (χ1n) is 8.43. The van der Waals surface area contributed by atoms with Gasteiger partial charge in [-0.25, -0.2) is 4.79 Å². The number of benzene rings is 2. The Bertz CT molecular complexity index is 1050. The molecule has 10 heteroatoms. The SMILES string of the molecule is Cc1ccccc1-c1nnn(CC(=O)NC(=O)Nc2ccc3c(c2)OCO3)n1. The first-order chi connectivity index (χ1) is 13.6. The van der Waals surface area contributed by atoms with Crippen molar-refractivity contribution in [1.82, 2.24) is 25.5 Å². The second kappa shape index (κ2) is 7.35. The van der Waals surface area contributed by atoms with E-state index >= 15 is 0 Å². The van der Waals surface area contributed by atoms with Gasteiger partial charge in [0.1, 0.15) is 6.54 Å². The molecule has 0 saturated carbocycles. The van der Waals surface area contributed by atoms with Crippen LogP contribution in [0, 0.1) is 6.92 Å². The molecule has 1 aliphatic heterocycles. The lowest BCUT2D eigenvalue weighted by molar-refractivity contribution is -0.120. The average Bonchev–Trinajstić information content (AvgIpc) is 3.30. The summed E-state index contributed by atoms with van der Waals surface area (Å²) in [6, 6.07) is 11.8. The minimum Gasteiger partial charge on any atom is -0.454 e. The summed E-state index contributed by atoms with van der Waals surface area (Å²) in [5, 5.41) is 16.8. The summed E-state index contributed by atoms with van der Waals surface area (Å²) in [4.78, 5) is 25.2. The molecule has 0 fully saturated rings. The first-order valence-corrected chi connectivity index (χ1v) is 8.43. The van der Waals surface area contributed by atoms with Gasteiger partial charge in [0.2, 0.25) is 12.6 Å². The van der Waals surface area contributed by atoms with Crippen LogP contribution in [0.4, 0.5) is 10.5 Å². The van der Waals surface area contributed by atoms with E-state index in [9.17, 15) is 9.59 Å².